The van der Waals surface area contributed by atoms with Gasteiger partial charge in [-0.05, 0) is 47.5 Å². The number of benzene rings is 3. The molecule has 166 valence electrons. The molecular weight excluding hydrogens is 458 g/mol. The molecular formula is C25H20ClN3O3S. The third-order valence-electron chi connectivity index (χ3n) is 5.16. The van der Waals surface area contributed by atoms with Gasteiger partial charge in [-0.1, -0.05) is 53.7 Å². The van der Waals surface area contributed by atoms with Gasteiger partial charge in [0.1, 0.15) is 5.03 Å². The summed E-state index contributed by atoms with van der Waals surface area (Å²) in [7, 11) is 0. The zero-order chi connectivity index (χ0) is 22.6. The number of aromatic nitrogens is 2. The first-order valence-electron chi connectivity index (χ1n) is 10.4. The quantitative estimate of drug-likeness (QED) is 0.377. The molecule has 0 atom stereocenters. The van der Waals surface area contributed by atoms with Crippen LogP contribution >= 0.6 is 23.4 Å². The molecule has 1 aromatic heterocycles. The van der Waals surface area contributed by atoms with Gasteiger partial charge in [0, 0.05) is 18.0 Å². The summed E-state index contributed by atoms with van der Waals surface area (Å²) in [5.41, 5.74) is 4.51. The van der Waals surface area contributed by atoms with Crippen molar-refractivity contribution in [2.75, 3.05) is 12.5 Å². The molecule has 1 amide bonds. The largest absolute Gasteiger partial charge is 0.454 e. The zero-order valence-corrected chi connectivity index (χ0v) is 19.2. The average Bonchev–Trinajstić information content (AvgIpc) is 3.31. The normalized spacial score (nSPS) is 12.2. The lowest BCUT2D eigenvalue weighted by Gasteiger charge is -2.10. The molecule has 0 aliphatic carbocycles. The number of ether oxygens (including phenoxy) is 2. The molecule has 0 saturated carbocycles. The van der Waals surface area contributed by atoms with Gasteiger partial charge < -0.3 is 14.8 Å². The van der Waals surface area contributed by atoms with Crippen LogP contribution in [-0.2, 0) is 17.8 Å². The second-order valence-electron chi connectivity index (χ2n) is 7.52. The van der Waals surface area contributed by atoms with Crippen LogP contribution in [0, 0.1) is 0 Å². The molecule has 1 N–H and O–H groups in total. The molecule has 2 heterocycles. The summed E-state index contributed by atoms with van der Waals surface area (Å²) in [5.74, 6) is 1.59. The summed E-state index contributed by atoms with van der Waals surface area (Å²) in [4.78, 5) is 22.1. The van der Waals surface area contributed by atoms with Gasteiger partial charge in [-0.3, -0.25) is 4.79 Å². The van der Waals surface area contributed by atoms with E-state index >= 15 is 0 Å². The van der Waals surface area contributed by atoms with Crippen LogP contribution in [0.5, 0.6) is 11.5 Å². The van der Waals surface area contributed by atoms with Gasteiger partial charge in [0.15, 0.2) is 11.5 Å². The lowest BCUT2D eigenvalue weighted by molar-refractivity contribution is -0.118. The monoisotopic (exact) mass is 477 g/mol. The molecule has 1 aliphatic heterocycles. The van der Waals surface area contributed by atoms with Crippen molar-refractivity contribution < 1.29 is 14.3 Å². The van der Waals surface area contributed by atoms with Gasteiger partial charge in [-0.25, -0.2) is 9.97 Å². The maximum atomic E-state index is 12.5. The molecule has 0 saturated heterocycles. The maximum absolute atomic E-state index is 12.5. The number of rotatable bonds is 7. The minimum absolute atomic E-state index is 0.0786. The summed E-state index contributed by atoms with van der Waals surface area (Å²) < 4.78 is 10.7. The minimum atomic E-state index is -0.0786. The van der Waals surface area contributed by atoms with Crippen LogP contribution in [0.25, 0.3) is 11.0 Å². The van der Waals surface area contributed by atoms with Crippen LogP contribution in [0.15, 0.2) is 71.8 Å². The first-order chi connectivity index (χ1) is 16.1. The summed E-state index contributed by atoms with van der Waals surface area (Å²) in [6.45, 7) is 0.643. The number of nitrogens with one attached hydrogen (secondary N) is 1. The Morgan fingerprint density at radius 3 is 2.48 bits per heavy atom. The summed E-state index contributed by atoms with van der Waals surface area (Å²) >= 11 is 7.41. The number of hydrogen-bond donors (Lipinski definition) is 1. The van der Waals surface area contributed by atoms with Crippen molar-refractivity contribution in [2.45, 2.75) is 18.0 Å². The number of amides is 1. The lowest BCUT2D eigenvalue weighted by atomic mass is 10.1. The number of nitrogens with zero attached hydrogens (tertiary/aromatic N) is 2. The summed E-state index contributed by atoms with van der Waals surface area (Å²) in [5, 5.41) is 4.40. The number of para-hydroxylation sites is 2. The second kappa shape index (κ2) is 9.68. The van der Waals surface area contributed by atoms with Crippen LogP contribution in [0.2, 0.25) is 5.02 Å². The number of carbonyl (C=O) groups excluding carboxylic acids is 1. The van der Waals surface area contributed by atoms with E-state index in [1.165, 1.54) is 11.8 Å². The summed E-state index contributed by atoms with van der Waals surface area (Å²) in [6, 6.07) is 21.1. The van der Waals surface area contributed by atoms with E-state index in [1.807, 2.05) is 66.7 Å². The number of thioether (sulfide) groups is 1. The van der Waals surface area contributed by atoms with Crippen molar-refractivity contribution in [3.8, 4) is 11.5 Å². The zero-order valence-electron chi connectivity index (χ0n) is 17.6. The molecule has 5 rings (SSSR count). The molecule has 4 aromatic rings. The second-order valence-corrected chi connectivity index (χ2v) is 8.92. The Hall–Kier alpha value is -3.29. The van der Waals surface area contributed by atoms with Gasteiger partial charge in [0.2, 0.25) is 12.7 Å². The van der Waals surface area contributed by atoms with E-state index in [-0.39, 0.29) is 18.5 Å². The van der Waals surface area contributed by atoms with Gasteiger partial charge in [-0.2, -0.15) is 0 Å². The predicted octanol–water partition coefficient (Wildman–Crippen LogP) is 5.01. The van der Waals surface area contributed by atoms with E-state index in [2.05, 4.69) is 5.32 Å². The predicted molar refractivity (Wildman–Crippen MR) is 129 cm³/mol. The maximum Gasteiger partial charge on any atom is 0.231 e. The molecule has 0 spiro atoms. The van der Waals surface area contributed by atoms with Crippen molar-refractivity contribution in [1.82, 2.24) is 15.3 Å². The van der Waals surface area contributed by atoms with Crippen LogP contribution in [-0.4, -0.2) is 28.4 Å². The Balaban J connectivity index is 1.27. The van der Waals surface area contributed by atoms with E-state index in [1.54, 1.807) is 0 Å². The highest BCUT2D eigenvalue weighted by Crippen LogP contribution is 2.32. The van der Waals surface area contributed by atoms with E-state index in [4.69, 9.17) is 31.0 Å². The fourth-order valence-corrected chi connectivity index (χ4v) is 4.43. The standard InChI is InChI=1S/C25H20ClN3O3S/c26-18-8-5-16(6-9-18)11-21-25(29-20-4-2-1-3-19(20)28-21)33-14-24(30)27-13-17-7-10-22-23(12-17)32-15-31-22/h1-10,12H,11,13-15H2,(H,27,30). The number of fused-ring (bicyclic) bond motifs is 2. The third kappa shape index (κ3) is 5.21. The topological polar surface area (TPSA) is 73.3 Å². The van der Waals surface area contributed by atoms with Crippen LogP contribution < -0.4 is 14.8 Å². The summed E-state index contributed by atoms with van der Waals surface area (Å²) in [6.07, 6.45) is 0.607. The Morgan fingerprint density at radius 2 is 1.67 bits per heavy atom. The molecule has 0 fully saturated rings. The van der Waals surface area contributed by atoms with E-state index in [0.717, 1.165) is 38.6 Å². The molecule has 0 radical (unpaired) electrons. The van der Waals surface area contributed by atoms with Gasteiger partial charge in [-0.15, -0.1) is 0 Å². The van der Waals surface area contributed by atoms with E-state index < -0.39 is 0 Å². The van der Waals surface area contributed by atoms with Gasteiger partial charge >= 0.3 is 0 Å². The minimum Gasteiger partial charge on any atom is -0.454 e. The lowest BCUT2D eigenvalue weighted by Crippen LogP contribution is -2.24. The van der Waals surface area contributed by atoms with Crippen molar-refractivity contribution in [3.63, 3.8) is 0 Å². The molecule has 1 aliphatic rings. The molecule has 8 heteroatoms. The number of carbonyl (C=O) groups is 1. The Labute approximate surface area is 200 Å². The van der Waals surface area contributed by atoms with Crippen LogP contribution in [0.3, 0.4) is 0 Å². The first kappa shape index (κ1) is 21.6. The number of halogens is 1. The van der Waals surface area contributed by atoms with E-state index in [9.17, 15) is 4.79 Å². The van der Waals surface area contributed by atoms with Crippen molar-refractivity contribution in [3.05, 3.63) is 88.6 Å². The molecule has 0 bridgehead atoms. The van der Waals surface area contributed by atoms with Crippen molar-refractivity contribution >= 4 is 40.3 Å². The molecule has 6 nitrogen and oxygen atoms in total. The van der Waals surface area contributed by atoms with E-state index in [0.29, 0.717) is 23.7 Å². The van der Waals surface area contributed by atoms with Crippen molar-refractivity contribution in [2.24, 2.45) is 0 Å². The SMILES string of the molecule is O=C(CSc1nc2ccccc2nc1Cc1ccc(Cl)cc1)NCc1ccc2c(c1)OCO2. The van der Waals surface area contributed by atoms with Crippen LogP contribution in [0.1, 0.15) is 16.8 Å². The number of hydrogen-bond acceptors (Lipinski definition) is 6. The fourth-order valence-electron chi connectivity index (χ4n) is 3.48. The average molecular weight is 478 g/mol. The van der Waals surface area contributed by atoms with Gasteiger partial charge in [0.05, 0.1) is 22.5 Å². The fraction of sp³-hybridized carbons (Fsp3) is 0.160. The Bertz CT molecular complexity index is 1310. The Kier molecular flexibility index (Phi) is 6.32. The molecule has 0 unspecified atom stereocenters. The highest BCUT2D eigenvalue weighted by atomic mass is 35.5. The molecule has 3 aromatic carbocycles. The van der Waals surface area contributed by atoms with Crippen molar-refractivity contribution in [1.29, 1.82) is 0 Å². The van der Waals surface area contributed by atoms with Crippen LogP contribution in [0.4, 0.5) is 0 Å². The first-order valence-corrected chi connectivity index (χ1v) is 11.8. The highest BCUT2D eigenvalue weighted by Gasteiger charge is 2.15. The molecule has 33 heavy (non-hydrogen) atoms. The van der Waals surface area contributed by atoms with Gasteiger partial charge in [0.25, 0.3) is 0 Å². The smallest absolute Gasteiger partial charge is 0.231 e. The Morgan fingerprint density at radius 1 is 0.939 bits per heavy atom. The highest BCUT2D eigenvalue weighted by molar-refractivity contribution is 7.99. The third-order valence-corrected chi connectivity index (χ3v) is 6.42.